The van der Waals surface area contributed by atoms with Gasteiger partial charge in [0.2, 0.25) is 0 Å². The molecule has 64 valence electrons. The van der Waals surface area contributed by atoms with Gasteiger partial charge in [0.15, 0.2) is 0 Å². The van der Waals surface area contributed by atoms with E-state index in [1.165, 1.54) is 6.08 Å². The first kappa shape index (κ1) is 10.6. The van der Waals surface area contributed by atoms with Crippen molar-refractivity contribution in [1.29, 1.82) is 0 Å². The second kappa shape index (κ2) is 6.28. The van der Waals surface area contributed by atoms with Gasteiger partial charge >= 0.3 is 5.97 Å². The zero-order chi connectivity index (χ0) is 8.69. The van der Waals surface area contributed by atoms with Crippen LogP contribution in [0.3, 0.4) is 0 Å². The number of ether oxygens (including phenoxy) is 1. The van der Waals surface area contributed by atoms with Crippen LogP contribution in [0.4, 0.5) is 0 Å². The molecule has 0 atom stereocenters. The predicted octanol–water partition coefficient (Wildman–Crippen LogP) is 2.21. The van der Waals surface area contributed by atoms with Crippen molar-refractivity contribution in [2.75, 3.05) is 12.4 Å². The van der Waals surface area contributed by atoms with Gasteiger partial charge in [-0.2, -0.15) is 0 Å². The minimum absolute atomic E-state index is 0.244. The first-order valence-corrected chi connectivity index (χ1v) is 4.67. The Morgan fingerprint density at radius 2 is 2.18 bits per heavy atom. The second-order valence-corrected chi connectivity index (χ2v) is 3.45. The number of rotatable bonds is 4. The van der Waals surface area contributed by atoms with E-state index in [4.69, 9.17) is 4.74 Å². The van der Waals surface area contributed by atoms with Crippen LogP contribution in [0.5, 0.6) is 0 Å². The van der Waals surface area contributed by atoms with Crippen molar-refractivity contribution in [3.8, 4) is 0 Å². The molecule has 0 aromatic heterocycles. The highest BCUT2D eigenvalue weighted by Gasteiger charge is 1.96. The molecule has 11 heavy (non-hydrogen) atoms. The Balaban J connectivity index is 3.76. The molecule has 0 aromatic carbocycles. The summed E-state index contributed by atoms with van der Waals surface area (Å²) in [6.45, 7) is 6.20. The molecule has 0 amide bonds. The Hall–Kier alpha value is -0.440. The minimum atomic E-state index is -0.244. The molecule has 0 fully saturated rings. The Morgan fingerprint density at radius 3 is 2.64 bits per heavy atom. The van der Waals surface area contributed by atoms with Crippen LogP contribution in [0.15, 0.2) is 11.0 Å². The Kier molecular flexibility index (Phi) is 6.03. The molecule has 0 aromatic rings. The lowest BCUT2D eigenvalue weighted by molar-refractivity contribution is -0.137. The van der Waals surface area contributed by atoms with E-state index in [0.717, 1.165) is 10.7 Å². The van der Waals surface area contributed by atoms with Gasteiger partial charge in [0.05, 0.1) is 6.61 Å². The van der Waals surface area contributed by atoms with Crippen molar-refractivity contribution >= 4 is 17.7 Å². The first-order valence-electron chi connectivity index (χ1n) is 3.68. The molecule has 0 N–H and O–H groups in total. The third-order valence-electron chi connectivity index (χ3n) is 0.980. The van der Waals surface area contributed by atoms with E-state index >= 15 is 0 Å². The monoisotopic (exact) mass is 174 g/mol. The summed E-state index contributed by atoms with van der Waals surface area (Å²) in [6.07, 6.45) is 1.53. The van der Waals surface area contributed by atoms with Gasteiger partial charge in [-0.25, -0.2) is 4.79 Å². The molecule has 0 unspecified atom stereocenters. The van der Waals surface area contributed by atoms with Gasteiger partial charge in [-0.15, -0.1) is 11.8 Å². The van der Waals surface area contributed by atoms with Gasteiger partial charge < -0.3 is 4.74 Å². The van der Waals surface area contributed by atoms with Gasteiger partial charge in [0, 0.05) is 6.08 Å². The van der Waals surface area contributed by atoms with E-state index in [-0.39, 0.29) is 5.97 Å². The molecule has 0 radical (unpaired) electrons. The van der Waals surface area contributed by atoms with Gasteiger partial charge in [-0.05, 0) is 24.5 Å². The Morgan fingerprint density at radius 1 is 1.55 bits per heavy atom. The highest BCUT2D eigenvalue weighted by Crippen LogP contribution is 2.13. The van der Waals surface area contributed by atoms with Crippen LogP contribution in [0.25, 0.3) is 0 Å². The largest absolute Gasteiger partial charge is 0.463 e. The summed E-state index contributed by atoms with van der Waals surface area (Å²) < 4.78 is 4.73. The molecule has 3 heteroatoms. The number of hydrogen-bond acceptors (Lipinski definition) is 3. The molecule has 2 nitrogen and oxygen atoms in total. The smallest absolute Gasteiger partial charge is 0.331 e. The van der Waals surface area contributed by atoms with Crippen LogP contribution in [0.1, 0.15) is 20.8 Å². The average molecular weight is 174 g/mol. The Labute approximate surface area is 72.0 Å². The van der Waals surface area contributed by atoms with Crippen LogP contribution >= 0.6 is 11.8 Å². The fourth-order valence-electron chi connectivity index (χ4n) is 0.619. The van der Waals surface area contributed by atoms with Gasteiger partial charge in [-0.1, -0.05) is 6.92 Å². The lowest BCUT2D eigenvalue weighted by atomic mass is 10.5. The van der Waals surface area contributed by atoms with E-state index in [1.807, 2.05) is 13.8 Å². The van der Waals surface area contributed by atoms with E-state index < -0.39 is 0 Å². The summed E-state index contributed by atoms with van der Waals surface area (Å²) in [6, 6.07) is 0. The van der Waals surface area contributed by atoms with E-state index in [2.05, 4.69) is 0 Å². The zero-order valence-corrected chi connectivity index (χ0v) is 8.03. The zero-order valence-electron chi connectivity index (χ0n) is 7.22. The van der Waals surface area contributed by atoms with Crippen molar-refractivity contribution in [1.82, 2.24) is 0 Å². The SMILES string of the molecule is CCOC(=O)/C=C(/C)SCC. The first-order chi connectivity index (χ1) is 5.20. The van der Waals surface area contributed by atoms with Crippen molar-refractivity contribution in [2.45, 2.75) is 20.8 Å². The second-order valence-electron chi connectivity index (χ2n) is 1.94. The maximum Gasteiger partial charge on any atom is 0.331 e. The van der Waals surface area contributed by atoms with Gasteiger partial charge in [0.1, 0.15) is 0 Å². The number of allylic oxidation sites excluding steroid dienone is 1. The number of esters is 1. The molecule has 0 bridgehead atoms. The van der Waals surface area contributed by atoms with Crippen LogP contribution in [-0.2, 0) is 9.53 Å². The summed E-state index contributed by atoms with van der Waals surface area (Å²) in [5, 5.41) is 0. The van der Waals surface area contributed by atoms with Gasteiger partial charge in [-0.3, -0.25) is 0 Å². The highest BCUT2D eigenvalue weighted by atomic mass is 32.2. The minimum Gasteiger partial charge on any atom is -0.463 e. The molecule has 0 saturated heterocycles. The van der Waals surface area contributed by atoms with Crippen molar-refractivity contribution in [2.24, 2.45) is 0 Å². The van der Waals surface area contributed by atoms with E-state index in [1.54, 1.807) is 18.7 Å². The maximum absolute atomic E-state index is 10.8. The third kappa shape index (κ3) is 5.98. The van der Waals surface area contributed by atoms with Crippen molar-refractivity contribution in [3.63, 3.8) is 0 Å². The molecule has 0 aliphatic carbocycles. The third-order valence-corrected chi connectivity index (χ3v) is 1.84. The quantitative estimate of drug-likeness (QED) is 0.483. The molecule has 0 aliphatic heterocycles. The fourth-order valence-corrected chi connectivity index (χ4v) is 1.25. The highest BCUT2D eigenvalue weighted by molar-refractivity contribution is 8.03. The van der Waals surface area contributed by atoms with Gasteiger partial charge in [0.25, 0.3) is 0 Å². The lowest BCUT2D eigenvalue weighted by Gasteiger charge is -1.97. The topological polar surface area (TPSA) is 26.3 Å². The standard InChI is InChI=1S/C8H14O2S/c1-4-10-8(9)6-7(3)11-5-2/h6H,4-5H2,1-3H3/b7-6-. The van der Waals surface area contributed by atoms with Crippen molar-refractivity contribution < 1.29 is 9.53 Å². The maximum atomic E-state index is 10.8. The van der Waals surface area contributed by atoms with E-state index in [0.29, 0.717) is 6.61 Å². The van der Waals surface area contributed by atoms with Crippen LogP contribution in [0, 0.1) is 0 Å². The summed E-state index contributed by atoms with van der Waals surface area (Å²) in [4.78, 5) is 11.8. The van der Waals surface area contributed by atoms with Crippen molar-refractivity contribution in [3.05, 3.63) is 11.0 Å². The summed E-state index contributed by atoms with van der Waals surface area (Å²) in [5.74, 6) is 0.743. The average Bonchev–Trinajstić information content (AvgIpc) is 1.87. The van der Waals surface area contributed by atoms with Crippen LogP contribution in [0.2, 0.25) is 0 Å². The van der Waals surface area contributed by atoms with Crippen LogP contribution in [-0.4, -0.2) is 18.3 Å². The molecule has 0 heterocycles. The Bertz CT molecular complexity index is 152. The molecular formula is C8H14O2S. The van der Waals surface area contributed by atoms with E-state index in [9.17, 15) is 4.79 Å². The number of carbonyl (C=O) groups excluding carboxylic acids is 1. The molecule has 0 spiro atoms. The molecule has 0 saturated carbocycles. The summed E-state index contributed by atoms with van der Waals surface area (Å²) in [7, 11) is 0. The molecule has 0 aliphatic rings. The molecular weight excluding hydrogens is 160 g/mol. The summed E-state index contributed by atoms with van der Waals surface area (Å²) in [5.41, 5.74) is 0. The number of hydrogen-bond donors (Lipinski definition) is 0. The number of thioether (sulfide) groups is 1. The fraction of sp³-hybridized carbons (Fsp3) is 0.625. The number of carbonyl (C=O) groups is 1. The lowest BCUT2D eigenvalue weighted by Crippen LogP contribution is -1.99. The normalized spacial score (nSPS) is 11.4. The van der Waals surface area contributed by atoms with Crippen LogP contribution < -0.4 is 0 Å². The molecule has 0 rings (SSSR count). The predicted molar refractivity (Wildman–Crippen MR) is 48.5 cm³/mol. The summed E-state index contributed by atoms with van der Waals surface area (Å²) >= 11 is 1.65.